The van der Waals surface area contributed by atoms with Gasteiger partial charge in [-0.1, -0.05) is 5.16 Å². The lowest BCUT2D eigenvalue weighted by molar-refractivity contribution is -0.153. The highest BCUT2D eigenvalue weighted by Crippen LogP contribution is 2.19. The molecule has 0 spiro atoms. The number of halogens is 2. The van der Waals surface area contributed by atoms with Crippen LogP contribution >= 0.6 is 15.9 Å². The van der Waals surface area contributed by atoms with E-state index in [4.69, 9.17) is 10.6 Å². The zero-order valence-electron chi connectivity index (χ0n) is 12.0. The van der Waals surface area contributed by atoms with Gasteiger partial charge in [-0.2, -0.15) is 5.10 Å². The normalized spacial score (nSPS) is 12.3. The highest BCUT2D eigenvalue weighted by Gasteiger charge is 2.33. The first-order chi connectivity index (χ1) is 10.3. The molecule has 0 aliphatic rings. The molecule has 0 amide bonds. The number of carbonyl (C=O) groups excluding carboxylic acids is 1. The Balaban J connectivity index is 2.11. The molecular formula is C14H14BrFN4O2. The van der Waals surface area contributed by atoms with Crippen molar-refractivity contribution in [2.45, 2.75) is 19.4 Å². The van der Waals surface area contributed by atoms with E-state index in [0.29, 0.717) is 5.56 Å². The molecule has 8 heteroatoms. The quantitative estimate of drug-likeness (QED) is 0.388. The number of oxime groups is 1. The minimum Gasteiger partial charge on any atom is -0.380 e. The molecule has 0 saturated carbocycles. The molecule has 0 fully saturated rings. The van der Waals surface area contributed by atoms with E-state index in [2.05, 4.69) is 26.2 Å². The topological polar surface area (TPSA) is 82.5 Å². The van der Waals surface area contributed by atoms with E-state index in [1.165, 1.54) is 28.9 Å². The van der Waals surface area contributed by atoms with Gasteiger partial charge in [-0.3, -0.25) is 4.68 Å². The molecule has 0 radical (unpaired) electrons. The van der Waals surface area contributed by atoms with Crippen LogP contribution in [0.3, 0.4) is 0 Å². The first-order valence-electron chi connectivity index (χ1n) is 6.32. The monoisotopic (exact) mass is 368 g/mol. The summed E-state index contributed by atoms with van der Waals surface area (Å²) in [6, 6.07) is 5.37. The minimum atomic E-state index is -1.06. The number of hydrogen-bond donors (Lipinski definition) is 1. The average molecular weight is 369 g/mol. The molecule has 0 atom stereocenters. The molecule has 0 aliphatic carbocycles. The van der Waals surface area contributed by atoms with E-state index < -0.39 is 11.5 Å². The largest absolute Gasteiger partial charge is 0.380 e. The van der Waals surface area contributed by atoms with Crippen molar-refractivity contribution in [1.82, 2.24) is 9.78 Å². The maximum atomic E-state index is 12.8. The van der Waals surface area contributed by atoms with Crippen molar-refractivity contribution in [2.24, 2.45) is 10.9 Å². The Kier molecular flexibility index (Phi) is 4.60. The van der Waals surface area contributed by atoms with Crippen molar-refractivity contribution in [2.75, 3.05) is 0 Å². The van der Waals surface area contributed by atoms with E-state index in [1.807, 2.05) is 0 Å². The number of benzene rings is 1. The van der Waals surface area contributed by atoms with Gasteiger partial charge in [-0.15, -0.1) is 0 Å². The number of carbonyl (C=O) groups is 1. The molecule has 6 nitrogen and oxygen atoms in total. The molecule has 0 unspecified atom stereocenters. The third-order valence-electron chi connectivity index (χ3n) is 2.99. The van der Waals surface area contributed by atoms with Gasteiger partial charge in [0.1, 0.15) is 5.82 Å². The third kappa shape index (κ3) is 3.51. The Morgan fingerprint density at radius 1 is 1.41 bits per heavy atom. The van der Waals surface area contributed by atoms with Gasteiger partial charge in [0.2, 0.25) is 0 Å². The number of rotatable bonds is 4. The highest BCUT2D eigenvalue weighted by atomic mass is 79.9. The molecule has 2 N–H and O–H groups in total. The SMILES string of the molecule is CC(C)(C(=O)O/N=C(\N)c1ccc(F)cc1)n1cc(Br)cn1. The van der Waals surface area contributed by atoms with Crippen LogP contribution in [-0.4, -0.2) is 21.6 Å². The zero-order valence-corrected chi connectivity index (χ0v) is 13.5. The average Bonchev–Trinajstić information content (AvgIpc) is 2.92. The Morgan fingerprint density at radius 3 is 2.59 bits per heavy atom. The Hall–Kier alpha value is -2.22. The number of nitrogens with zero attached hydrogens (tertiary/aromatic N) is 3. The molecule has 2 aromatic rings. The summed E-state index contributed by atoms with van der Waals surface area (Å²) in [7, 11) is 0. The third-order valence-corrected chi connectivity index (χ3v) is 3.40. The maximum Gasteiger partial charge on any atom is 0.361 e. The summed E-state index contributed by atoms with van der Waals surface area (Å²) in [4.78, 5) is 17.0. The van der Waals surface area contributed by atoms with E-state index in [1.54, 1.807) is 26.2 Å². The predicted molar refractivity (Wildman–Crippen MR) is 82.5 cm³/mol. The summed E-state index contributed by atoms with van der Waals surface area (Å²) in [5.74, 6) is -1.04. The minimum absolute atomic E-state index is 0.0224. The Bertz CT molecular complexity index is 710. The summed E-state index contributed by atoms with van der Waals surface area (Å²) < 4.78 is 15.0. The lowest BCUT2D eigenvalue weighted by Gasteiger charge is -2.21. The van der Waals surface area contributed by atoms with Crippen molar-refractivity contribution in [1.29, 1.82) is 0 Å². The van der Waals surface area contributed by atoms with Gasteiger partial charge >= 0.3 is 5.97 Å². The van der Waals surface area contributed by atoms with Crippen LogP contribution in [0.1, 0.15) is 19.4 Å². The Labute approximate surface area is 134 Å². The zero-order chi connectivity index (χ0) is 16.3. The van der Waals surface area contributed by atoms with Crippen molar-refractivity contribution >= 4 is 27.7 Å². The van der Waals surface area contributed by atoms with Gasteiger partial charge in [0.15, 0.2) is 11.4 Å². The number of nitrogens with two attached hydrogens (primary N) is 1. The standard InChI is InChI=1S/C14H14BrFN4O2/c1-14(2,20-8-10(15)7-18-20)13(21)22-19-12(17)9-3-5-11(16)6-4-9/h3-8H,1-2H3,(H2,17,19). The second-order valence-corrected chi connectivity index (χ2v) is 5.94. The molecule has 0 saturated heterocycles. The van der Waals surface area contributed by atoms with Gasteiger partial charge in [0.05, 0.1) is 10.7 Å². The van der Waals surface area contributed by atoms with Crippen LogP contribution in [0.25, 0.3) is 0 Å². The molecule has 0 aliphatic heterocycles. The second kappa shape index (κ2) is 6.27. The van der Waals surface area contributed by atoms with Crippen molar-refractivity contribution in [3.8, 4) is 0 Å². The molecule has 22 heavy (non-hydrogen) atoms. The first kappa shape index (κ1) is 16.2. The number of hydrogen-bond acceptors (Lipinski definition) is 4. The fourth-order valence-electron chi connectivity index (χ4n) is 1.58. The number of amidine groups is 1. The van der Waals surface area contributed by atoms with Crippen LogP contribution in [0.15, 0.2) is 46.3 Å². The van der Waals surface area contributed by atoms with Crippen LogP contribution in [0.4, 0.5) is 4.39 Å². The van der Waals surface area contributed by atoms with Crippen molar-refractivity contribution in [3.05, 3.63) is 52.5 Å². The Morgan fingerprint density at radius 2 is 2.05 bits per heavy atom. The summed E-state index contributed by atoms with van der Waals surface area (Å²) in [5, 5.41) is 7.64. The van der Waals surface area contributed by atoms with Crippen molar-refractivity contribution < 1.29 is 14.0 Å². The fraction of sp³-hybridized carbons (Fsp3) is 0.214. The van der Waals surface area contributed by atoms with Crippen molar-refractivity contribution in [3.63, 3.8) is 0 Å². The second-order valence-electron chi connectivity index (χ2n) is 5.02. The van der Waals surface area contributed by atoms with Crippen LogP contribution < -0.4 is 5.73 Å². The smallest absolute Gasteiger partial charge is 0.361 e. The van der Waals surface area contributed by atoms with Gasteiger partial charge in [0.25, 0.3) is 0 Å². The van der Waals surface area contributed by atoms with Gasteiger partial charge in [-0.25, -0.2) is 9.18 Å². The lowest BCUT2D eigenvalue weighted by atomic mass is 10.1. The predicted octanol–water partition coefficient (Wildman–Crippen LogP) is 2.38. The maximum absolute atomic E-state index is 12.8. The van der Waals surface area contributed by atoms with E-state index in [-0.39, 0.29) is 11.7 Å². The van der Waals surface area contributed by atoms with Crippen LogP contribution in [0, 0.1) is 5.82 Å². The summed E-state index contributed by atoms with van der Waals surface area (Å²) >= 11 is 3.26. The van der Waals surface area contributed by atoms with E-state index in [0.717, 1.165) is 4.47 Å². The summed E-state index contributed by atoms with van der Waals surface area (Å²) in [6.07, 6.45) is 3.21. The molecule has 1 heterocycles. The first-order valence-corrected chi connectivity index (χ1v) is 7.11. The molecular weight excluding hydrogens is 355 g/mol. The molecule has 1 aromatic heterocycles. The molecule has 116 valence electrons. The van der Waals surface area contributed by atoms with Crippen LogP contribution in [0.2, 0.25) is 0 Å². The van der Waals surface area contributed by atoms with Gasteiger partial charge < -0.3 is 10.6 Å². The van der Waals surface area contributed by atoms with Crippen LogP contribution in [-0.2, 0) is 15.2 Å². The molecule has 0 bridgehead atoms. The lowest BCUT2D eigenvalue weighted by Crippen LogP contribution is -2.37. The van der Waals surface area contributed by atoms with Crippen LogP contribution in [0.5, 0.6) is 0 Å². The van der Waals surface area contributed by atoms with E-state index >= 15 is 0 Å². The van der Waals surface area contributed by atoms with Gasteiger partial charge in [-0.05, 0) is 54.0 Å². The summed E-state index contributed by atoms with van der Waals surface area (Å²) in [5.41, 5.74) is 5.10. The molecule has 1 aromatic carbocycles. The highest BCUT2D eigenvalue weighted by molar-refractivity contribution is 9.10. The van der Waals surface area contributed by atoms with E-state index in [9.17, 15) is 9.18 Å². The fourth-order valence-corrected chi connectivity index (χ4v) is 1.86. The van der Waals surface area contributed by atoms with Gasteiger partial charge in [0, 0.05) is 11.8 Å². The number of aromatic nitrogens is 2. The summed E-state index contributed by atoms with van der Waals surface area (Å²) in [6.45, 7) is 3.27. The molecule has 2 rings (SSSR count).